The summed E-state index contributed by atoms with van der Waals surface area (Å²) >= 11 is 13.5. The monoisotopic (exact) mass is 293 g/mol. The lowest BCUT2D eigenvalue weighted by atomic mass is 10.2. The summed E-state index contributed by atoms with van der Waals surface area (Å²) in [5, 5.41) is 9.85. The van der Waals surface area contributed by atoms with Gasteiger partial charge in [0.25, 0.3) is 0 Å². The molecule has 0 aliphatic rings. The molecule has 0 aliphatic carbocycles. The van der Waals surface area contributed by atoms with E-state index in [1.54, 1.807) is 17.8 Å². The first-order valence-corrected chi connectivity index (χ1v) is 7.00. The number of benzene rings is 2. The van der Waals surface area contributed by atoms with Gasteiger partial charge in [-0.3, -0.25) is 0 Å². The number of thioether (sulfide) groups is 1. The minimum Gasteiger partial charge on any atom is -0.192 e. The Hall–Kier alpha value is -1.14. The summed E-state index contributed by atoms with van der Waals surface area (Å²) in [4.78, 5) is 1.08. The number of nitrogens with zero attached hydrogens (tertiary/aromatic N) is 1. The van der Waals surface area contributed by atoms with Gasteiger partial charge in [0.05, 0.1) is 21.7 Å². The molecule has 1 nitrogen and oxygen atoms in total. The number of hydrogen-bond donors (Lipinski definition) is 0. The molecule has 90 valence electrons. The molecule has 0 saturated heterocycles. The predicted molar refractivity (Wildman–Crippen MR) is 77.2 cm³/mol. The minimum atomic E-state index is 0.569. The molecule has 0 saturated carbocycles. The molecule has 0 spiro atoms. The molecule has 0 heterocycles. The van der Waals surface area contributed by atoms with E-state index in [1.807, 2.05) is 36.4 Å². The molecule has 0 unspecified atom stereocenters. The van der Waals surface area contributed by atoms with Gasteiger partial charge >= 0.3 is 0 Å². The van der Waals surface area contributed by atoms with Gasteiger partial charge in [-0.15, -0.1) is 11.8 Å². The Morgan fingerprint density at radius 1 is 1.00 bits per heavy atom. The zero-order chi connectivity index (χ0) is 13.0. The Balaban J connectivity index is 2.02. The van der Waals surface area contributed by atoms with Crippen molar-refractivity contribution >= 4 is 35.0 Å². The lowest BCUT2D eigenvalue weighted by Gasteiger charge is -2.03. The average molecular weight is 294 g/mol. The van der Waals surface area contributed by atoms with E-state index in [1.165, 1.54) is 5.56 Å². The molecule has 0 N–H and O–H groups in total. The van der Waals surface area contributed by atoms with Crippen LogP contribution in [0.3, 0.4) is 0 Å². The quantitative estimate of drug-likeness (QED) is 0.730. The first kappa shape index (κ1) is 13.3. The second kappa shape index (κ2) is 6.15. The molecular weight excluding hydrogens is 285 g/mol. The standard InChI is InChI=1S/C14H9Cl2NS/c15-13-6-5-12(7-14(13)16)18-9-11-3-1-10(8-17)2-4-11/h1-7H,9H2. The molecule has 0 aliphatic heterocycles. The predicted octanol–water partition coefficient (Wildman–Crippen LogP) is 5.16. The molecule has 0 atom stereocenters. The summed E-state index contributed by atoms with van der Waals surface area (Å²) in [6.07, 6.45) is 0. The van der Waals surface area contributed by atoms with Crippen LogP contribution in [-0.4, -0.2) is 0 Å². The van der Waals surface area contributed by atoms with Crippen LogP contribution in [0.25, 0.3) is 0 Å². The van der Waals surface area contributed by atoms with Crippen molar-refractivity contribution in [2.75, 3.05) is 0 Å². The summed E-state index contributed by atoms with van der Waals surface area (Å²) in [7, 11) is 0. The van der Waals surface area contributed by atoms with Crippen LogP contribution in [0.15, 0.2) is 47.4 Å². The Morgan fingerprint density at radius 2 is 1.72 bits per heavy atom. The summed E-state index contributed by atoms with van der Waals surface area (Å²) in [6, 6.07) is 15.3. The van der Waals surface area contributed by atoms with Gasteiger partial charge in [-0.25, -0.2) is 0 Å². The number of rotatable bonds is 3. The van der Waals surface area contributed by atoms with Gasteiger partial charge in [0.2, 0.25) is 0 Å². The van der Waals surface area contributed by atoms with Crippen LogP contribution < -0.4 is 0 Å². The number of nitriles is 1. The van der Waals surface area contributed by atoms with Crippen molar-refractivity contribution in [1.82, 2.24) is 0 Å². The lowest BCUT2D eigenvalue weighted by Crippen LogP contribution is -1.82. The van der Waals surface area contributed by atoms with Crippen LogP contribution in [0.4, 0.5) is 0 Å². The van der Waals surface area contributed by atoms with E-state index in [4.69, 9.17) is 28.5 Å². The van der Waals surface area contributed by atoms with Gasteiger partial charge in [-0.2, -0.15) is 5.26 Å². The van der Waals surface area contributed by atoms with Crippen LogP contribution in [0, 0.1) is 11.3 Å². The van der Waals surface area contributed by atoms with Crippen molar-refractivity contribution in [3.8, 4) is 6.07 Å². The maximum absolute atomic E-state index is 8.71. The Bertz CT molecular complexity index is 588. The Labute approximate surface area is 120 Å². The van der Waals surface area contributed by atoms with Crippen molar-refractivity contribution < 1.29 is 0 Å². The van der Waals surface area contributed by atoms with Crippen LogP contribution in [0.5, 0.6) is 0 Å². The van der Waals surface area contributed by atoms with Crippen LogP contribution in [0.1, 0.15) is 11.1 Å². The first-order valence-electron chi connectivity index (χ1n) is 5.26. The second-order valence-corrected chi connectivity index (χ2v) is 5.54. The molecule has 4 heteroatoms. The SMILES string of the molecule is N#Cc1ccc(CSc2ccc(Cl)c(Cl)c2)cc1. The van der Waals surface area contributed by atoms with E-state index in [0.29, 0.717) is 15.6 Å². The fourth-order valence-corrected chi connectivity index (χ4v) is 2.66. The molecule has 2 aromatic carbocycles. The second-order valence-electron chi connectivity index (χ2n) is 3.67. The van der Waals surface area contributed by atoms with E-state index >= 15 is 0 Å². The molecule has 2 aromatic rings. The summed E-state index contributed by atoms with van der Waals surface area (Å²) < 4.78 is 0. The Morgan fingerprint density at radius 3 is 2.33 bits per heavy atom. The topological polar surface area (TPSA) is 23.8 Å². The highest BCUT2D eigenvalue weighted by molar-refractivity contribution is 7.98. The van der Waals surface area contributed by atoms with Crippen molar-refractivity contribution in [1.29, 1.82) is 5.26 Å². The molecule has 0 fully saturated rings. The molecule has 2 rings (SSSR count). The van der Waals surface area contributed by atoms with E-state index < -0.39 is 0 Å². The summed E-state index contributed by atoms with van der Waals surface area (Å²) in [5.41, 5.74) is 1.85. The molecule has 18 heavy (non-hydrogen) atoms. The normalized spacial score (nSPS) is 10.1. The van der Waals surface area contributed by atoms with Crippen molar-refractivity contribution in [3.05, 3.63) is 63.6 Å². The highest BCUT2D eigenvalue weighted by atomic mass is 35.5. The van der Waals surface area contributed by atoms with Gasteiger partial charge in [0.15, 0.2) is 0 Å². The third-order valence-electron chi connectivity index (χ3n) is 2.38. The van der Waals surface area contributed by atoms with E-state index in [-0.39, 0.29) is 0 Å². The van der Waals surface area contributed by atoms with Crippen LogP contribution >= 0.6 is 35.0 Å². The average Bonchev–Trinajstić information content (AvgIpc) is 2.41. The summed E-state index contributed by atoms with van der Waals surface area (Å²) in [5.74, 6) is 0.837. The molecule has 0 bridgehead atoms. The van der Waals surface area contributed by atoms with Gasteiger partial charge in [-0.05, 0) is 35.9 Å². The molecule has 0 amide bonds. The lowest BCUT2D eigenvalue weighted by molar-refractivity contribution is 1.37. The fraction of sp³-hybridized carbons (Fsp3) is 0.0714. The maximum Gasteiger partial charge on any atom is 0.0991 e. The summed E-state index contributed by atoms with van der Waals surface area (Å²) in [6.45, 7) is 0. The smallest absolute Gasteiger partial charge is 0.0991 e. The molecular formula is C14H9Cl2NS. The zero-order valence-electron chi connectivity index (χ0n) is 9.36. The van der Waals surface area contributed by atoms with Crippen LogP contribution in [0.2, 0.25) is 10.0 Å². The third kappa shape index (κ3) is 3.43. The zero-order valence-corrected chi connectivity index (χ0v) is 11.7. The highest BCUT2D eigenvalue weighted by Crippen LogP contribution is 2.29. The molecule has 0 radical (unpaired) electrons. The highest BCUT2D eigenvalue weighted by Gasteiger charge is 2.01. The minimum absolute atomic E-state index is 0.569. The van der Waals surface area contributed by atoms with Gasteiger partial charge in [0.1, 0.15) is 0 Å². The van der Waals surface area contributed by atoms with Crippen molar-refractivity contribution in [2.24, 2.45) is 0 Å². The van der Waals surface area contributed by atoms with E-state index in [0.717, 1.165) is 10.6 Å². The van der Waals surface area contributed by atoms with Gasteiger partial charge < -0.3 is 0 Å². The van der Waals surface area contributed by atoms with Crippen molar-refractivity contribution in [2.45, 2.75) is 10.6 Å². The van der Waals surface area contributed by atoms with E-state index in [9.17, 15) is 0 Å². The van der Waals surface area contributed by atoms with Crippen molar-refractivity contribution in [3.63, 3.8) is 0 Å². The Kier molecular flexibility index (Phi) is 4.54. The fourth-order valence-electron chi connectivity index (χ4n) is 1.41. The van der Waals surface area contributed by atoms with E-state index in [2.05, 4.69) is 6.07 Å². The molecule has 0 aromatic heterocycles. The van der Waals surface area contributed by atoms with Crippen LogP contribution in [-0.2, 0) is 5.75 Å². The first-order chi connectivity index (χ1) is 8.69. The third-order valence-corrected chi connectivity index (χ3v) is 4.18. The van der Waals surface area contributed by atoms with Gasteiger partial charge in [-0.1, -0.05) is 35.3 Å². The largest absolute Gasteiger partial charge is 0.192 e. The maximum atomic E-state index is 8.71. The number of halogens is 2. The number of hydrogen-bond acceptors (Lipinski definition) is 2. The van der Waals surface area contributed by atoms with Gasteiger partial charge in [0, 0.05) is 10.6 Å².